The second-order valence-corrected chi connectivity index (χ2v) is 7.52. The molecule has 1 fully saturated rings. The summed E-state index contributed by atoms with van der Waals surface area (Å²) in [6.45, 7) is 0.836. The summed E-state index contributed by atoms with van der Waals surface area (Å²) in [4.78, 5) is 12.4. The number of hydrogen-bond acceptors (Lipinski definition) is 7. The van der Waals surface area contributed by atoms with E-state index in [-0.39, 0.29) is 6.54 Å². The lowest BCUT2D eigenvalue weighted by Gasteiger charge is -2.33. The minimum Gasteiger partial charge on any atom is -0.383 e. The van der Waals surface area contributed by atoms with Crippen LogP contribution in [0.2, 0.25) is 0 Å². The van der Waals surface area contributed by atoms with Crippen LogP contribution in [0.4, 0.5) is 5.82 Å². The topological polar surface area (TPSA) is 115 Å². The van der Waals surface area contributed by atoms with E-state index >= 15 is 0 Å². The lowest BCUT2D eigenvalue weighted by molar-refractivity contribution is -0.00607. The highest BCUT2D eigenvalue weighted by atomic mass is 32.2. The van der Waals surface area contributed by atoms with Crippen molar-refractivity contribution in [2.45, 2.75) is 6.10 Å². The van der Waals surface area contributed by atoms with Crippen molar-refractivity contribution in [3.63, 3.8) is 0 Å². The molecule has 0 aliphatic carbocycles. The number of pyridine rings is 1. The molecule has 0 saturated carbocycles. The number of morpholine rings is 1. The summed E-state index contributed by atoms with van der Waals surface area (Å²) in [5, 5.41) is 0.657. The van der Waals surface area contributed by atoms with Crippen molar-refractivity contribution >= 4 is 27.1 Å². The Morgan fingerprint density at radius 3 is 2.87 bits per heavy atom. The smallest absolute Gasteiger partial charge is 0.281 e. The molecular formula is C13H18N6O3S. The van der Waals surface area contributed by atoms with Crippen LogP contribution in [0.3, 0.4) is 0 Å². The van der Waals surface area contributed by atoms with Gasteiger partial charge in [0.1, 0.15) is 18.2 Å². The fourth-order valence-electron chi connectivity index (χ4n) is 2.40. The molecule has 2 aromatic heterocycles. The molecule has 3 rings (SSSR count). The molecule has 0 spiro atoms. The Morgan fingerprint density at radius 1 is 1.35 bits per heavy atom. The van der Waals surface area contributed by atoms with Crippen molar-refractivity contribution in [1.29, 1.82) is 0 Å². The molecule has 9 nitrogen and oxygen atoms in total. The first-order valence-corrected chi connectivity index (χ1v) is 8.45. The molecular weight excluding hydrogens is 320 g/mol. The van der Waals surface area contributed by atoms with Gasteiger partial charge in [-0.1, -0.05) is 0 Å². The van der Waals surface area contributed by atoms with Gasteiger partial charge in [0.2, 0.25) is 0 Å². The summed E-state index contributed by atoms with van der Waals surface area (Å²) >= 11 is 0. The Hall–Kier alpha value is -1.88. The number of nitrogen functional groups attached to an aromatic ring is 1. The van der Waals surface area contributed by atoms with E-state index in [1.165, 1.54) is 29.0 Å². The maximum Gasteiger partial charge on any atom is 0.281 e. The highest BCUT2D eigenvalue weighted by Crippen LogP contribution is 2.25. The van der Waals surface area contributed by atoms with Crippen molar-refractivity contribution in [3.05, 3.63) is 24.2 Å². The summed E-state index contributed by atoms with van der Waals surface area (Å²) in [6.07, 6.45) is 0.901. The van der Waals surface area contributed by atoms with E-state index in [9.17, 15) is 8.42 Å². The Kier molecular flexibility index (Phi) is 4.15. The Bertz CT molecular complexity index is 826. The van der Waals surface area contributed by atoms with Crippen LogP contribution in [0.1, 0.15) is 11.8 Å². The highest BCUT2D eigenvalue weighted by molar-refractivity contribution is 7.86. The van der Waals surface area contributed by atoms with Crippen LogP contribution >= 0.6 is 0 Å². The average molecular weight is 338 g/mol. The second kappa shape index (κ2) is 5.96. The van der Waals surface area contributed by atoms with Gasteiger partial charge in [0.15, 0.2) is 5.65 Å². The van der Waals surface area contributed by atoms with Crippen LogP contribution in [-0.4, -0.2) is 65.8 Å². The number of anilines is 1. The monoisotopic (exact) mass is 338 g/mol. The molecule has 1 saturated heterocycles. The maximum atomic E-state index is 12.3. The molecule has 2 aromatic rings. The normalized spacial score (nSPS) is 20.2. The van der Waals surface area contributed by atoms with E-state index in [1.807, 2.05) is 0 Å². The molecule has 3 heterocycles. The predicted molar refractivity (Wildman–Crippen MR) is 84.6 cm³/mol. The number of fused-ring (bicyclic) bond motifs is 1. The van der Waals surface area contributed by atoms with Crippen LogP contribution in [-0.2, 0) is 14.9 Å². The predicted octanol–water partition coefficient (Wildman–Crippen LogP) is -0.213. The summed E-state index contributed by atoms with van der Waals surface area (Å²) in [7, 11) is -0.461. The van der Waals surface area contributed by atoms with Gasteiger partial charge in [-0.2, -0.15) is 17.0 Å². The molecule has 2 N–H and O–H groups in total. The van der Waals surface area contributed by atoms with E-state index in [0.717, 1.165) is 0 Å². The van der Waals surface area contributed by atoms with Crippen molar-refractivity contribution in [2.75, 3.05) is 39.5 Å². The Morgan fingerprint density at radius 2 is 2.13 bits per heavy atom. The Labute approximate surface area is 134 Å². The minimum absolute atomic E-state index is 0.208. The largest absolute Gasteiger partial charge is 0.383 e. The lowest BCUT2D eigenvalue weighted by Crippen LogP contribution is -2.47. The molecule has 0 amide bonds. The number of nitrogens with zero attached hydrogens (tertiary/aromatic N) is 5. The van der Waals surface area contributed by atoms with Gasteiger partial charge in [-0.25, -0.2) is 15.0 Å². The zero-order valence-corrected chi connectivity index (χ0v) is 13.7. The van der Waals surface area contributed by atoms with Gasteiger partial charge in [0.05, 0.1) is 17.7 Å². The number of rotatable bonds is 3. The van der Waals surface area contributed by atoms with E-state index in [2.05, 4.69) is 15.0 Å². The van der Waals surface area contributed by atoms with Gasteiger partial charge in [-0.05, 0) is 12.1 Å². The quantitative estimate of drug-likeness (QED) is 0.823. The summed E-state index contributed by atoms with van der Waals surface area (Å²) in [6, 6.07) is 3.54. The van der Waals surface area contributed by atoms with Crippen LogP contribution in [0.15, 0.2) is 18.5 Å². The second-order valence-electron chi connectivity index (χ2n) is 5.37. The van der Waals surface area contributed by atoms with E-state index in [4.69, 9.17) is 10.5 Å². The molecule has 0 aromatic carbocycles. The summed E-state index contributed by atoms with van der Waals surface area (Å²) in [5.41, 5.74) is 6.87. The number of hydrogen-bond donors (Lipinski definition) is 1. The SMILES string of the molecule is CN(C)S(=O)(=O)N1CCO[C@H](c2ccc3c(N)ncnc3n2)C1. The third-order valence-electron chi connectivity index (χ3n) is 3.70. The van der Waals surface area contributed by atoms with Crippen LogP contribution < -0.4 is 5.73 Å². The molecule has 1 atom stereocenters. The highest BCUT2D eigenvalue weighted by Gasteiger charge is 2.32. The van der Waals surface area contributed by atoms with Gasteiger partial charge in [-0.15, -0.1) is 0 Å². The molecule has 124 valence electrons. The summed E-state index contributed by atoms with van der Waals surface area (Å²) < 4.78 is 32.8. The summed E-state index contributed by atoms with van der Waals surface area (Å²) in [5.74, 6) is 0.357. The molecule has 0 bridgehead atoms. The molecule has 1 aliphatic heterocycles. The first-order valence-electron chi connectivity index (χ1n) is 7.06. The van der Waals surface area contributed by atoms with Gasteiger partial charge in [0.25, 0.3) is 10.2 Å². The van der Waals surface area contributed by atoms with Crippen molar-refractivity contribution in [1.82, 2.24) is 23.6 Å². The van der Waals surface area contributed by atoms with Gasteiger partial charge >= 0.3 is 0 Å². The van der Waals surface area contributed by atoms with Crippen molar-refractivity contribution in [3.8, 4) is 0 Å². The fourth-order valence-corrected chi connectivity index (χ4v) is 3.49. The molecule has 23 heavy (non-hydrogen) atoms. The van der Waals surface area contributed by atoms with Gasteiger partial charge in [-0.3, -0.25) is 0 Å². The fraction of sp³-hybridized carbons (Fsp3) is 0.462. The lowest BCUT2D eigenvalue weighted by atomic mass is 10.2. The third kappa shape index (κ3) is 2.98. The van der Waals surface area contributed by atoms with Crippen LogP contribution in [0, 0.1) is 0 Å². The average Bonchev–Trinajstić information content (AvgIpc) is 2.55. The Balaban J connectivity index is 1.90. The number of ether oxygens (including phenoxy) is 1. The zero-order valence-electron chi connectivity index (χ0n) is 12.9. The third-order valence-corrected chi connectivity index (χ3v) is 5.60. The van der Waals surface area contributed by atoms with E-state index in [0.29, 0.717) is 35.7 Å². The van der Waals surface area contributed by atoms with Gasteiger partial charge in [0, 0.05) is 27.2 Å². The van der Waals surface area contributed by atoms with Gasteiger partial charge < -0.3 is 10.5 Å². The maximum absolute atomic E-state index is 12.3. The van der Waals surface area contributed by atoms with E-state index in [1.54, 1.807) is 12.1 Å². The molecule has 1 aliphatic rings. The van der Waals surface area contributed by atoms with Crippen LogP contribution in [0.5, 0.6) is 0 Å². The zero-order chi connectivity index (χ0) is 16.6. The molecule has 0 unspecified atom stereocenters. The van der Waals surface area contributed by atoms with E-state index < -0.39 is 16.3 Å². The first-order chi connectivity index (χ1) is 10.9. The van der Waals surface area contributed by atoms with Crippen molar-refractivity contribution < 1.29 is 13.2 Å². The van der Waals surface area contributed by atoms with Crippen LogP contribution in [0.25, 0.3) is 11.0 Å². The molecule has 0 radical (unpaired) electrons. The van der Waals surface area contributed by atoms with Crippen molar-refractivity contribution in [2.24, 2.45) is 0 Å². The number of aromatic nitrogens is 3. The molecule has 10 heteroatoms. The number of nitrogens with two attached hydrogens (primary N) is 1. The first kappa shape index (κ1) is 16.0. The minimum atomic E-state index is -3.48. The standard InChI is InChI=1S/C13H18N6O3S/c1-18(2)23(20,21)19-5-6-22-11(7-19)10-4-3-9-12(14)15-8-16-13(9)17-10/h3-4,8,11H,5-7H2,1-2H3,(H2,14,15,16,17)/t11-/m0/s1.